The summed E-state index contributed by atoms with van der Waals surface area (Å²) in [6.45, 7) is 27.6. The molecule has 0 unspecified atom stereocenters. The SMILES string of the molecule is Cc1cc(P(C[C@@H]2CC[C@H]2CP(c2cc(C)c(C)c(C)c2)c2cc(C)c(C)c(C)c2)c2cc(C)c(C)c(C)c2)cc(C)c1C. The molecule has 0 spiro atoms. The smallest absolute Gasteiger partial charge is 0.0190 e. The van der Waals surface area contributed by atoms with Gasteiger partial charge < -0.3 is 0 Å². The van der Waals surface area contributed by atoms with Gasteiger partial charge in [0.15, 0.2) is 0 Å². The van der Waals surface area contributed by atoms with Crippen LogP contribution in [0.4, 0.5) is 0 Å². The molecular formula is C42H54P2. The second kappa shape index (κ2) is 13.2. The molecule has 1 aliphatic carbocycles. The van der Waals surface area contributed by atoms with E-state index in [1.807, 2.05) is 0 Å². The molecular weight excluding hydrogens is 566 g/mol. The summed E-state index contributed by atoms with van der Waals surface area (Å²) in [6, 6.07) is 20.2. The van der Waals surface area contributed by atoms with Crippen molar-refractivity contribution in [1.29, 1.82) is 0 Å². The fourth-order valence-electron chi connectivity index (χ4n) is 6.98. The van der Waals surface area contributed by atoms with Crippen molar-refractivity contribution >= 4 is 37.1 Å². The predicted octanol–water partition coefficient (Wildman–Crippen LogP) is 9.98. The molecule has 2 heteroatoms. The van der Waals surface area contributed by atoms with Gasteiger partial charge in [-0.1, -0.05) is 48.5 Å². The summed E-state index contributed by atoms with van der Waals surface area (Å²) in [5.74, 6) is 1.57. The first-order chi connectivity index (χ1) is 20.7. The molecule has 0 bridgehead atoms. The lowest BCUT2D eigenvalue weighted by atomic mass is 9.76. The van der Waals surface area contributed by atoms with Crippen molar-refractivity contribution in [3.63, 3.8) is 0 Å². The first kappa shape index (κ1) is 33.1. The van der Waals surface area contributed by atoms with Crippen LogP contribution in [0.5, 0.6) is 0 Å². The molecule has 0 amide bonds. The summed E-state index contributed by atoms with van der Waals surface area (Å²) < 4.78 is 0. The average molecular weight is 621 g/mol. The van der Waals surface area contributed by atoms with E-state index in [4.69, 9.17) is 0 Å². The molecule has 0 N–H and O–H groups in total. The maximum absolute atomic E-state index is 2.52. The van der Waals surface area contributed by atoms with Crippen LogP contribution in [0, 0.1) is 94.9 Å². The molecule has 2 atom stereocenters. The third-order valence-corrected chi connectivity index (χ3v) is 16.5. The van der Waals surface area contributed by atoms with E-state index in [1.165, 1.54) is 91.9 Å². The van der Waals surface area contributed by atoms with Crippen molar-refractivity contribution in [1.82, 2.24) is 0 Å². The Morgan fingerprint density at radius 1 is 0.364 bits per heavy atom. The van der Waals surface area contributed by atoms with E-state index in [0.717, 1.165) is 11.8 Å². The van der Waals surface area contributed by atoms with Crippen LogP contribution in [-0.2, 0) is 0 Å². The van der Waals surface area contributed by atoms with Crippen LogP contribution in [0.1, 0.15) is 79.6 Å². The number of benzene rings is 4. The van der Waals surface area contributed by atoms with E-state index < -0.39 is 15.8 Å². The van der Waals surface area contributed by atoms with Gasteiger partial charge >= 0.3 is 0 Å². The standard InChI is InChI=1S/C42H54P2/c1-25-15-39(16-26(2)33(25)9)43(40-17-27(3)34(10)28(4)18-40)23-37-13-14-38(37)24-44(41-19-29(5)35(11)30(6)20-41)42-21-31(7)36(12)32(8)22-42/h15-22,37-38H,13-14,23-24H2,1-12H3/t37-,38-/m0/s1. The van der Waals surface area contributed by atoms with Crippen molar-refractivity contribution in [3.8, 4) is 0 Å². The van der Waals surface area contributed by atoms with Gasteiger partial charge in [-0.05, 0) is 224 Å². The van der Waals surface area contributed by atoms with E-state index in [2.05, 4.69) is 132 Å². The Morgan fingerprint density at radius 2 is 0.545 bits per heavy atom. The van der Waals surface area contributed by atoms with Gasteiger partial charge in [0.05, 0.1) is 0 Å². The first-order valence-electron chi connectivity index (χ1n) is 16.6. The van der Waals surface area contributed by atoms with Crippen molar-refractivity contribution in [2.24, 2.45) is 11.8 Å². The van der Waals surface area contributed by atoms with Crippen LogP contribution in [0.2, 0.25) is 0 Å². The molecule has 4 aromatic rings. The van der Waals surface area contributed by atoms with Gasteiger partial charge in [-0.3, -0.25) is 0 Å². The van der Waals surface area contributed by atoms with E-state index in [9.17, 15) is 0 Å². The van der Waals surface area contributed by atoms with Gasteiger partial charge in [0.2, 0.25) is 0 Å². The van der Waals surface area contributed by atoms with Gasteiger partial charge in [-0.15, -0.1) is 0 Å². The molecule has 0 saturated heterocycles. The zero-order valence-corrected chi connectivity index (χ0v) is 31.3. The highest BCUT2D eigenvalue weighted by atomic mass is 31.1. The number of hydrogen-bond acceptors (Lipinski definition) is 0. The van der Waals surface area contributed by atoms with E-state index in [1.54, 1.807) is 21.2 Å². The summed E-state index contributed by atoms with van der Waals surface area (Å²) >= 11 is 0. The Kier molecular flexibility index (Phi) is 9.96. The molecule has 0 radical (unpaired) electrons. The maximum Gasteiger partial charge on any atom is -0.0190 e. The van der Waals surface area contributed by atoms with Crippen molar-refractivity contribution < 1.29 is 0 Å². The Labute approximate surface area is 271 Å². The highest BCUT2D eigenvalue weighted by Crippen LogP contribution is 2.50. The topological polar surface area (TPSA) is 0 Å². The second-order valence-electron chi connectivity index (χ2n) is 14.1. The Bertz CT molecular complexity index is 1370. The summed E-state index contributed by atoms with van der Waals surface area (Å²) in [7, 11) is -0.833. The van der Waals surface area contributed by atoms with E-state index in [-0.39, 0.29) is 0 Å². The molecule has 1 saturated carbocycles. The monoisotopic (exact) mass is 620 g/mol. The van der Waals surface area contributed by atoms with Crippen molar-refractivity contribution in [2.45, 2.75) is 95.9 Å². The third-order valence-electron chi connectivity index (χ3n) is 11.3. The molecule has 0 heterocycles. The maximum atomic E-state index is 2.52. The fourth-order valence-corrected chi connectivity index (χ4v) is 13.1. The molecule has 4 aromatic carbocycles. The predicted molar refractivity (Wildman–Crippen MR) is 201 cm³/mol. The quantitative estimate of drug-likeness (QED) is 0.172. The Hall–Kier alpha value is -2.26. The van der Waals surface area contributed by atoms with Crippen LogP contribution >= 0.6 is 15.8 Å². The van der Waals surface area contributed by atoms with E-state index in [0.29, 0.717) is 0 Å². The van der Waals surface area contributed by atoms with Crippen molar-refractivity contribution in [3.05, 3.63) is 115 Å². The molecule has 1 fully saturated rings. The molecule has 0 aliphatic heterocycles. The highest BCUT2D eigenvalue weighted by molar-refractivity contribution is 7.73. The number of rotatable bonds is 8. The Balaban J connectivity index is 1.52. The largest absolute Gasteiger partial charge is 0.0510 e. The minimum absolute atomic E-state index is 0.417. The van der Waals surface area contributed by atoms with Gasteiger partial charge in [0, 0.05) is 0 Å². The summed E-state index contributed by atoms with van der Waals surface area (Å²) in [4.78, 5) is 0. The molecule has 44 heavy (non-hydrogen) atoms. The zero-order valence-electron chi connectivity index (χ0n) is 29.5. The van der Waals surface area contributed by atoms with Crippen LogP contribution in [0.25, 0.3) is 0 Å². The molecule has 0 aromatic heterocycles. The number of aryl methyl sites for hydroxylation is 8. The highest BCUT2D eigenvalue weighted by Gasteiger charge is 2.36. The van der Waals surface area contributed by atoms with Gasteiger partial charge in [-0.2, -0.15) is 0 Å². The lowest BCUT2D eigenvalue weighted by Crippen LogP contribution is -2.35. The summed E-state index contributed by atoms with van der Waals surface area (Å²) in [5.41, 5.74) is 17.3. The van der Waals surface area contributed by atoms with Gasteiger partial charge in [0.25, 0.3) is 0 Å². The van der Waals surface area contributed by atoms with Crippen LogP contribution < -0.4 is 21.2 Å². The normalized spacial score (nSPS) is 16.6. The molecule has 0 nitrogen and oxygen atoms in total. The fraction of sp³-hybridized carbons (Fsp3) is 0.429. The second-order valence-corrected chi connectivity index (χ2v) is 18.6. The summed E-state index contributed by atoms with van der Waals surface area (Å²) in [6.07, 6.45) is 5.37. The van der Waals surface area contributed by atoms with E-state index >= 15 is 0 Å². The molecule has 232 valence electrons. The van der Waals surface area contributed by atoms with Gasteiger partial charge in [-0.25, -0.2) is 0 Å². The summed E-state index contributed by atoms with van der Waals surface area (Å²) in [5, 5.41) is 6.30. The first-order valence-corrected chi connectivity index (χ1v) is 19.7. The van der Waals surface area contributed by atoms with Crippen molar-refractivity contribution in [2.75, 3.05) is 12.3 Å². The zero-order chi connectivity index (χ0) is 32.0. The van der Waals surface area contributed by atoms with Gasteiger partial charge in [0.1, 0.15) is 0 Å². The van der Waals surface area contributed by atoms with Crippen LogP contribution in [-0.4, -0.2) is 12.3 Å². The minimum atomic E-state index is -0.417. The van der Waals surface area contributed by atoms with Crippen LogP contribution in [0.3, 0.4) is 0 Å². The molecule has 1 aliphatic rings. The minimum Gasteiger partial charge on any atom is -0.0510 e. The lowest BCUT2D eigenvalue weighted by Gasteiger charge is -2.41. The lowest BCUT2D eigenvalue weighted by molar-refractivity contribution is 0.228. The average Bonchev–Trinajstić information content (AvgIpc) is 2.95. The Morgan fingerprint density at radius 3 is 0.705 bits per heavy atom. The molecule has 5 rings (SSSR count). The van der Waals surface area contributed by atoms with Crippen LogP contribution in [0.15, 0.2) is 48.5 Å². The third kappa shape index (κ3) is 6.64. The number of hydrogen-bond donors (Lipinski definition) is 0.